The zero-order valence-electron chi connectivity index (χ0n) is 12.8. The molecule has 1 N–H and O–H groups in total. The highest BCUT2D eigenvalue weighted by Crippen LogP contribution is 2.31. The maximum atomic E-state index is 5.46. The van der Waals surface area contributed by atoms with Crippen molar-refractivity contribution in [2.24, 2.45) is 11.8 Å². The van der Waals surface area contributed by atoms with Crippen molar-refractivity contribution in [3.8, 4) is 5.75 Å². The monoisotopic (exact) mass is 262 g/mol. The number of ether oxygens (including phenoxy) is 1. The number of pyridine rings is 1. The van der Waals surface area contributed by atoms with E-state index in [9.17, 15) is 0 Å². The van der Waals surface area contributed by atoms with Gasteiger partial charge in [-0.3, -0.25) is 4.98 Å². The molecule has 1 aromatic heterocycles. The molecule has 0 radical (unpaired) electrons. The first-order chi connectivity index (χ1) is 9.04. The van der Waals surface area contributed by atoms with Gasteiger partial charge < -0.3 is 10.1 Å². The van der Waals surface area contributed by atoms with E-state index in [0.29, 0.717) is 6.04 Å². The summed E-state index contributed by atoms with van der Waals surface area (Å²) >= 11 is 0. The predicted molar refractivity (Wildman–Crippen MR) is 78.5 cm³/mol. The maximum Gasteiger partial charge on any atom is 0.128 e. The first kappa shape index (κ1) is 14.3. The van der Waals surface area contributed by atoms with E-state index in [1.807, 2.05) is 13.1 Å². The van der Waals surface area contributed by atoms with Crippen molar-refractivity contribution in [3.63, 3.8) is 0 Å². The van der Waals surface area contributed by atoms with Crippen molar-refractivity contribution in [3.05, 3.63) is 23.0 Å². The highest BCUT2D eigenvalue weighted by molar-refractivity contribution is 5.41. The molecule has 3 nitrogen and oxygen atoms in total. The fourth-order valence-corrected chi connectivity index (χ4v) is 3.13. The van der Waals surface area contributed by atoms with Gasteiger partial charge in [0.15, 0.2) is 0 Å². The summed E-state index contributed by atoms with van der Waals surface area (Å²) in [5.74, 6) is 2.56. The Labute approximate surface area is 116 Å². The minimum absolute atomic E-state index is 0.628. The van der Waals surface area contributed by atoms with Crippen LogP contribution in [0.15, 0.2) is 6.20 Å². The second-order valence-corrected chi connectivity index (χ2v) is 5.95. The predicted octanol–water partition coefficient (Wildman–Crippen LogP) is 3.23. The quantitative estimate of drug-likeness (QED) is 0.904. The third-order valence-corrected chi connectivity index (χ3v) is 4.75. The smallest absolute Gasteiger partial charge is 0.128 e. The summed E-state index contributed by atoms with van der Waals surface area (Å²) in [5, 5.41) is 3.67. The van der Waals surface area contributed by atoms with E-state index in [-0.39, 0.29) is 0 Å². The van der Waals surface area contributed by atoms with Crippen LogP contribution in [0.25, 0.3) is 0 Å². The van der Waals surface area contributed by atoms with E-state index in [4.69, 9.17) is 4.74 Å². The summed E-state index contributed by atoms with van der Waals surface area (Å²) in [6.45, 7) is 9.67. The van der Waals surface area contributed by atoms with Crippen LogP contribution in [0.4, 0.5) is 0 Å². The van der Waals surface area contributed by atoms with Crippen LogP contribution >= 0.6 is 0 Å². The molecule has 19 heavy (non-hydrogen) atoms. The molecule has 0 aliphatic heterocycles. The fourth-order valence-electron chi connectivity index (χ4n) is 3.13. The first-order valence-corrected chi connectivity index (χ1v) is 7.27. The van der Waals surface area contributed by atoms with Crippen molar-refractivity contribution >= 4 is 0 Å². The van der Waals surface area contributed by atoms with Gasteiger partial charge in [-0.25, -0.2) is 0 Å². The molecule has 3 atom stereocenters. The van der Waals surface area contributed by atoms with Gasteiger partial charge in [-0.2, -0.15) is 0 Å². The summed E-state index contributed by atoms with van der Waals surface area (Å²) < 4.78 is 5.46. The third kappa shape index (κ3) is 2.92. The van der Waals surface area contributed by atoms with E-state index >= 15 is 0 Å². The Morgan fingerprint density at radius 1 is 1.32 bits per heavy atom. The minimum Gasteiger partial charge on any atom is -0.496 e. The Hall–Kier alpha value is -1.09. The lowest BCUT2D eigenvalue weighted by atomic mass is 9.97. The number of nitrogens with zero attached hydrogens (tertiary/aromatic N) is 1. The molecule has 0 bridgehead atoms. The first-order valence-electron chi connectivity index (χ1n) is 7.27. The molecule has 3 heteroatoms. The Balaban J connectivity index is 2.04. The maximum absolute atomic E-state index is 5.46. The molecule has 1 aliphatic carbocycles. The average Bonchev–Trinajstić information content (AvgIpc) is 2.70. The van der Waals surface area contributed by atoms with Gasteiger partial charge in [0.2, 0.25) is 0 Å². The lowest BCUT2D eigenvalue weighted by Gasteiger charge is -2.20. The second kappa shape index (κ2) is 5.91. The Bertz CT molecular complexity index is 445. The molecule has 2 rings (SSSR count). The van der Waals surface area contributed by atoms with Gasteiger partial charge in [-0.05, 0) is 38.5 Å². The van der Waals surface area contributed by atoms with Crippen LogP contribution in [0.3, 0.4) is 0 Å². The van der Waals surface area contributed by atoms with Crippen molar-refractivity contribution in [1.82, 2.24) is 10.3 Å². The molecule has 0 saturated heterocycles. The van der Waals surface area contributed by atoms with E-state index in [2.05, 4.69) is 31.1 Å². The van der Waals surface area contributed by atoms with E-state index in [1.54, 1.807) is 7.11 Å². The molecule has 1 saturated carbocycles. The molecule has 1 fully saturated rings. The molecule has 1 aromatic rings. The van der Waals surface area contributed by atoms with Gasteiger partial charge in [-0.15, -0.1) is 0 Å². The lowest BCUT2D eigenvalue weighted by Crippen LogP contribution is -2.32. The van der Waals surface area contributed by atoms with Crippen LogP contribution < -0.4 is 10.1 Å². The number of aryl methyl sites for hydroxylation is 1. The van der Waals surface area contributed by atoms with Crippen molar-refractivity contribution < 1.29 is 4.74 Å². The largest absolute Gasteiger partial charge is 0.496 e. The second-order valence-electron chi connectivity index (χ2n) is 5.95. The molecule has 1 aliphatic rings. The van der Waals surface area contributed by atoms with Gasteiger partial charge in [-0.1, -0.05) is 13.8 Å². The van der Waals surface area contributed by atoms with Gasteiger partial charge >= 0.3 is 0 Å². The Morgan fingerprint density at radius 3 is 2.63 bits per heavy atom. The zero-order chi connectivity index (χ0) is 14.0. The third-order valence-electron chi connectivity index (χ3n) is 4.75. The molecular formula is C16H26N2O. The van der Waals surface area contributed by atoms with Crippen molar-refractivity contribution in [2.75, 3.05) is 7.11 Å². The van der Waals surface area contributed by atoms with Crippen LogP contribution in [0.1, 0.15) is 43.5 Å². The van der Waals surface area contributed by atoms with Gasteiger partial charge in [0.25, 0.3) is 0 Å². The van der Waals surface area contributed by atoms with E-state index < -0.39 is 0 Å². The van der Waals surface area contributed by atoms with Crippen LogP contribution in [0, 0.1) is 25.7 Å². The SMILES string of the molecule is COc1c(C)cnc(CNC2CCC(C)C2C)c1C. The highest BCUT2D eigenvalue weighted by atomic mass is 16.5. The molecule has 3 unspecified atom stereocenters. The number of methoxy groups -OCH3 is 1. The molecular weight excluding hydrogens is 236 g/mol. The Kier molecular flexibility index (Phi) is 4.46. The van der Waals surface area contributed by atoms with Crippen molar-refractivity contribution in [1.29, 1.82) is 0 Å². The van der Waals surface area contributed by atoms with Crippen LogP contribution in [0.2, 0.25) is 0 Å². The number of hydrogen-bond acceptors (Lipinski definition) is 3. The fraction of sp³-hybridized carbons (Fsp3) is 0.688. The van der Waals surface area contributed by atoms with Gasteiger partial charge in [0.1, 0.15) is 5.75 Å². The van der Waals surface area contributed by atoms with Crippen LogP contribution in [-0.2, 0) is 6.54 Å². The summed E-state index contributed by atoms with van der Waals surface area (Å²) in [7, 11) is 1.73. The molecule has 0 aromatic carbocycles. The highest BCUT2D eigenvalue weighted by Gasteiger charge is 2.29. The summed E-state index contributed by atoms with van der Waals surface area (Å²) in [5.41, 5.74) is 3.37. The summed E-state index contributed by atoms with van der Waals surface area (Å²) in [4.78, 5) is 4.55. The van der Waals surface area contributed by atoms with Crippen molar-refractivity contribution in [2.45, 2.75) is 53.1 Å². The summed E-state index contributed by atoms with van der Waals surface area (Å²) in [6, 6.07) is 0.628. The van der Waals surface area contributed by atoms with Gasteiger partial charge in [0.05, 0.1) is 12.8 Å². The Morgan fingerprint density at radius 2 is 2.05 bits per heavy atom. The molecule has 1 heterocycles. The molecule has 106 valence electrons. The summed E-state index contributed by atoms with van der Waals surface area (Å²) in [6.07, 6.45) is 4.52. The average molecular weight is 262 g/mol. The topological polar surface area (TPSA) is 34.1 Å². The standard InChI is InChI=1S/C16H26N2O/c1-10-6-7-14(12(10)3)18-9-15-13(4)16(19-5)11(2)8-17-15/h8,10,12,14,18H,6-7,9H2,1-5H3. The molecule has 0 spiro atoms. The molecule has 0 amide bonds. The number of hydrogen-bond donors (Lipinski definition) is 1. The van der Waals surface area contributed by atoms with Crippen LogP contribution in [-0.4, -0.2) is 18.1 Å². The van der Waals surface area contributed by atoms with E-state index in [0.717, 1.165) is 41.0 Å². The number of rotatable bonds is 4. The van der Waals surface area contributed by atoms with E-state index in [1.165, 1.54) is 12.8 Å². The zero-order valence-corrected chi connectivity index (χ0v) is 12.8. The minimum atomic E-state index is 0.628. The normalized spacial score (nSPS) is 26.7. The number of aromatic nitrogens is 1. The van der Waals surface area contributed by atoms with Crippen LogP contribution in [0.5, 0.6) is 5.75 Å². The van der Waals surface area contributed by atoms with Gasteiger partial charge in [0, 0.05) is 29.9 Å². The number of nitrogens with one attached hydrogen (secondary N) is 1. The lowest BCUT2D eigenvalue weighted by molar-refractivity contribution is 0.367.